The summed E-state index contributed by atoms with van der Waals surface area (Å²) < 4.78 is 0. The predicted molar refractivity (Wildman–Crippen MR) is 71.4 cm³/mol. The van der Waals surface area contributed by atoms with Crippen LogP contribution in [0.25, 0.3) is 0 Å². The van der Waals surface area contributed by atoms with Crippen LogP contribution in [-0.4, -0.2) is 64.2 Å². The summed E-state index contributed by atoms with van der Waals surface area (Å²) in [5.74, 6) is -0.402. The van der Waals surface area contributed by atoms with Crippen molar-refractivity contribution in [2.45, 2.75) is 13.0 Å². The summed E-state index contributed by atoms with van der Waals surface area (Å²) in [6.07, 6.45) is 3.35. The molecule has 1 aliphatic rings. The zero-order valence-corrected chi connectivity index (χ0v) is 11.2. The zero-order chi connectivity index (χ0) is 14.5. The molecule has 8 nitrogen and oxygen atoms in total. The first-order valence-corrected chi connectivity index (χ1v) is 6.38. The van der Waals surface area contributed by atoms with Gasteiger partial charge in [-0.1, -0.05) is 0 Å². The highest BCUT2D eigenvalue weighted by atomic mass is 16.4. The third kappa shape index (κ3) is 3.34. The number of nitrogens with one attached hydrogen (secondary N) is 1. The van der Waals surface area contributed by atoms with E-state index in [0.29, 0.717) is 32.1 Å². The summed E-state index contributed by atoms with van der Waals surface area (Å²) in [6.45, 7) is 3.71. The van der Waals surface area contributed by atoms with Crippen molar-refractivity contribution < 1.29 is 14.7 Å². The summed E-state index contributed by atoms with van der Waals surface area (Å²) in [6, 6.07) is 0.507. The van der Waals surface area contributed by atoms with Crippen LogP contribution >= 0.6 is 0 Å². The van der Waals surface area contributed by atoms with Crippen molar-refractivity contribution in [2.24, 2.45) is 0 Å². The maximum absolute atomic E-state index is 11.9. The molecule has 0 aliphatic carbocycles. The molecular weight excluding hydrogens is 262 g/mol. The van der Waals surface area contributed by atoms with E-state index in [1.807, 2.05) is 4.90 Å². The average molecular weight is 279 g/mol. The Morgan fingerprint density at radius 3 is 2.40 bits per heavy atom. The molecule has 1 unspecified atom stereocenters. The van der Waals surface area contributed by atoms with E-state index in [0.717, 1.165) is 0 Å². The normalized spacial score (nSPS) is 16.6. The fourth-order valence-corrected chi connectivity index (χ4v) is 1.90. The summed E-state index contributed by atoms with van der Waals surface area (Å²) in [4.78, 5) is 34.5. The molecule has 1 saturated heterocycles. The highest BCUT2D eigenvalue weighted by Crippen LogP contribution is 2.09. The number of aliphatic carboxylic acids is 1. The van der Waals surface area contributed by atoms with Crippen LogP contribution in [0.5, 0.6) is 0 Å². The Balaban J connectivity index is 1.85. The highest BCUT2D eigenvalue weighted by Gasteiger charge is 2.24. The number of aromatic nitrogens is 2. The molecule has 2 rings (SSSR count). The van der Waals surface area contributed by atoms with E-state index in [9.17, 15) is 9.59 Å². The topological polar surface area (TPSA) is 98.7 Å². The van der Waals surface area contributed by atoms with Gasteiger partial charge in [-0.05, 0) is 13.0 Å². The Bertz CT molecular complexity index is 473. The Morgan fingerprint density at radius 1 is 1.25 bits per heavy atom. The number of hydrogen-bond donors (Lipinski definition) is 2. The number of carboxylic acids is 1. The van der Waals surface area contributed by atoms with Gasteiger partial charge in [0, 0.05) is 38.6 Å². The first-order valence-electron chi connectivity index (χ1n) is 6.38. The van der Waals surface area contributed by atoms with Gasteiger partial charge in [0.15, 0.2) is 0 Å². The van der Waals surface area contributed by atoms with E-state index in [1.54, 1.807) is 23.4 Å². The molecule has 1 aromatic heterocycles. The van der Waals surface area contributed by atoms with Crippen LogP contribution in [0.2, 0.25) is 0 Å². The lowest BCUT2D eigenvalue weighted by Gasteiger charge is -2.34. The second kappa shape index (κ2) is 6.18. The third-order valence-corrected chi connectivity index (χ3v) is 3.11. The second-order valence-corrected chi connectivity index (χ2v) is 4.53. The van der Waals surface area contributed by atoms with Gasteiger partial charge in [0.25, 0.3) is 0 Å². The predicted octanol–water partition coefficient (Wildman–Crippen LogP) is -0.219. The zero-order valence-electron chi connectivity index (χ0n) is 11.2. The van der Waals surface area contributed by atoms with Crippen LogP contribution < -0.4 is 10.2 Å². The van der Waals surface area contributed by atoms with E-state index in [2.05, 4.69) is 15.3 Å². The summed E-state index contributed by atoms with van der Waals surface area (Å²) >= 11 is 0. The van der Waals surface area contributed by atoms with Crippen molar-refractivity contribution in [3.05, 3.63) is 18.5 Å². The molecule has 1 aromatic rings. The third-order valence-electron chi connectivity index (χ3n) is 3.11. The van der Waals surface area contributed by atoms with Gasteiger partial charge < -0.3 is 20.2 Å². The van der Waals surface area contributed by atoms with Gasteiger partial charge in [-0.3, -0.25) is 4.79 Å². The molecule has 1 fully saturated rings. The lowest BCUT2D eigenvalue weighted by atomic mass is 10.3. The molecule has 2 N–H and O–H groups in total. The summed E-state index contributed by atoms with van der Waals surface area (Å²) in [7, 11) is 0. The maximum atomic E-state index is 11.9. The molecular formula is C12H17N5O3. The molecule has 0 bridgehead atoms. The molecule has 1 atom stereocenters. The van der Waals surface area contributed by atoms with E-state index >= 15 is 0 Å². The van der Waals surface area contributed by atoms with Crippen LogP contribution in [0.3, 0.4) is 0 Å². The van der Waals surface area contributed by atoms with Crippen LogP contribution in [-0.2, 0) is 4.79 Å². The number of carbonyl (C=O) groups is 2. The van der Waals surface area contributed by atoms with Gasteiger partial charge in [0.2, 0.25) is 5.95 Å². The molecule has 8 heteroatoms. The van der Waals surface area contributed by atoms with Gasteiger partial charge in [-0.2, -0.15) is 0 Å². The fourth-order valence-electron chi connectivity index (χ4n) is 1.90. The minimum absolute atomic E-state index is 0.353. The summed E-state index contributed by atoms with van der Waals surface area (Å²) in [5, 5.41) is 11.2. The lowest BCUT2D eigenvalue weighted by Crippen LogP contribution is -2.54. The smallest absolute Gasteiger partial charge is 0.325 e. The number of carboxylic acid groups (broad SMARTS) is 1. The first-order chi connectivity index (χ1) is 9.58. The van der Waals surface area contributed by atoms with Crippen LogP contribution in [0.1, 0.15) is 6.92 Å². The number of nitrogens with zero attached hydrogens (tertiary/aromatic N) is 4. The maximum Gasteiger partial charge on any atom is 0.325 e. The number of carbonyl (C=O) groups excluding carboxylic acids is 1. The van der Waals surface area contributed by atoms with Crippen molar-refractivity contribution >= 4 is 17.9 Å². The van der Waals surface area contributed by atoms with Crippen LogP contribution in [0, 0.1) is 0 Å². The van der Waals surface area contributed by atoms with Crippen LogP contribution in [0.15, 0.2) is 18.5 Å². The van der Waals surface area contributed by atoms with Crippen molar-refractivity contribution in [3.63, 3.8) is 0 Å². The first kappa shape index (κ1) is 14.0. The number of piperazine rings is 1. The second-order valence-electron chi connectivity index (χ2n) is 4.53. The minimum atomic E-state index is -1.05. The minimum Gasteiger partial charge on any atom is -0.480 e. The lowest BCUT2D eigenvalue weighted by molar-refractivity contribution is -0.138. The number of anilines is 1. The van der Waals surface area contributed by atoms with Gasteiger partial charge in [-0.15, -0.1) is 0 Å². The molecule has 0 radical (unpaired) electrons. The standard InChI is InChI=1S/C12H17N5O3/c1-9(10(18)19)15-12(20)17-7-5-16(6-8-17)11-13-3-2-4-14-11/h2-4,9H,5-8H2,1H3,(H,15,20)(H,18,19). The number of rotatable bonds is 3. The molecule has 108 valence electrons. The van der Waals surface area contributed by atoms with E-state index in [-0.39, 0.29) is 6.03 Å². The van der Waals surface area contributed by atoms with E-state index in [4.69, 9.17) is 5.11 Å². The average Bonchev–Trinajstić information content (AvgIpc) is 2.48. The van der Waals surface area contributed by atoms with E-state index in [1.165, 1.54) is 6.92 Å². The molecule has 0 saturated carbocycles. The van der Waals surface area contributed by atoms with E-state index < -0.39 is 12.0 Å². The largest absolute Gasteiger partial charge is 0.480 e. The quantitative estimate of drug-likeness (QED) is 0.793. The molecule has 1 aliphatic heterocycles. The molecule has 0 aromatic carbocycles. The van der Waals surface area contributed by atoms with Crippen molar-refractivity contribution in [1.29, 1.82) is 0 Å². The fraction of sp³-hybridized carbons (Fsp3) is 0.500. The van der Waals surface area contributed by atoms with Gasteiger partial charge in [0.05, 0.1) is 0 Å². The number of amides is 2. The van der Waals surface area contributed by atoms with Crippen molar-refractivity contribution in [3.8, 4) is 0 Å². The molecule has 2 heterocycles. The summed E-state index contributed by atoms with van der Waals surface area (Å²) in [5.41, 5.74) is 0. The molecule has 0 spiro atoms. The number of hydrogen-bond acceptors (Lipinski definition) is 5. The van der Waals surface area contributed by atoms with Crippen LogP contribution in [0.4, 0.5) is 10.7 Å². The molecule has 2 amide bonds. The Morgan fingerprint density at radius 2 is 1.85 bits per heavy atom. The van der Waals surface area contributed by atoms with Gasteiger partial charge in [-0.25, -0.2) is 14.8 Å². The van der Waals surface area contributed by atoms with Crippen molar-refractivity contribution in [1.82, 2.24) is 20.2 Å². The highest BCUT2D eigenvalue weighted by molar-refractivity contribution is 5.82. The SMILES string of the molecule is CC(NC(=O)N1CCN(c2ncccn2)CC1)C(=O)O. The van der Waals surface area contributed by atoms with Gasteiger partial charge >= 0.3 is 12.0 Å². The van der Waals surface area contributed by atoms with Gasteiger partial charge in [0.1, 0.15) is 6.04 Å². The molecule has 20 heavy (non-hydrogen) atoms. The Labute approximate surface area is 116 Å². The monoisotopic (exact) mass is 279 g/mol. The number of urea groups is 1. The Hall–Kier alpha value is -2.38. The Kier molecular flexibility index (Phi) is 4.34. The van der Waals surface area contributed by atoms with Crippen molar-refractivity contribution in [2.75, 3.05) is 31.1 Å².